The minimum Gasteiger partial charge on any atom is -0.478 e. The van der Waals surface area contributed by atoms with E-state index in [1.807, 2.05) is 6.92 Å². The van der Waals surface area contributed by atoms with Crippen LogP contribution >= 0.6 is 0 Å². The normalized spacial score (nSPS) is 17.2. The van der Waals surface area contributed by atoms with Gasteiger partial charge in [0.05, 0.1) is 23.0 Å². The summed E-state index contributed by atoms with van der Waals surface area (Å²) in [6.07, 6.45) is 1.13. The van der Waals surface area contributed by atoms with E-state index in [9.17, 15) is 14.7 Å². The molecule has 108 valence electrons. The molecule has 20 heavy (non-hydrogen) atoms. The number of aromatic carboxylic acids is 1. The van der Waals surface area contributed by atoms with Gasteiger partial charge in [-0.2, -0.15) is 0 Å². The van der Waals surface area contributed by atoms with Crippen LogP contribution in [0.5, 0.6) is 0 Å². The molecule has 1 saturated heterocycles. The number of benzene rings is 1. The molecule has 6 nitrogen and oxygen atoms in total. The Hall–Kier alpha value is -2.08. The van der Waals surface area contributed by atoms with Crippen LogP contribution in [0.4, 0.5) is 11.4 Å². The zero-order valence-corrected chi connectivity index (χ0v) is 11.5. The van der Waals surface area contributed by atoms with Gasteiger partial charge in [0.25, 0.3) is 0 Å². The van der Waals surface area contributed by atoms with Crippen molar-refractivity contribution in [2.75, 3.05) is 23.8 Å². The molecule has 0 saturated carbocycles. The van der Waals surface area contributed by atoms with Crippen LogP contribution in [0.2, 0.25) is 0 Å². The minimum atomic E-state index is -1.07. The summed E-state index contributed by atoms with van der Waals surface area (Å²) in [5, 5.41) is 15.0. The van der Waals surface area contributed by atoms with Crippen LogP contribution in [-0.4, -0.2) is 36.2 Å². The molecule has 1 heterocycles. The maximum atomic E-state index is 11.3. The summed E-state index contributed by atoms with van der Waals surface area (Å²) in [4.78, 5) is 22.6. The summed E-state index contributed by atoms with van der Waals surface area (Å²) in [5.74, 6) is -1.38. The average molecular weight is 278 g/mol. The van der Waals surface area contributed by atoms with Crippen molar-refractivity contribution in [3.05, 3.63) is 23.3 Å². The molecule has 1 unspecified atom stereocenters. The van der Waals surface area contributed by atoms with E-state index in [1.54, 1.807) is 6.07 Å². The van der Waals surface area contributed by atoms with Gasteiger partial charge in [-0.1, -0.05) is 6.07 Å². The zero-order chi connectivity index (χ0) is 14.7. The minimum absolute atomic E-state index is 0.0721. The SMILES string of the molecule is CC(=O)Nc1c(C(=O)O)ccc(C)c1NCC1CCO1. The number of hydrogen-bond acceptors (Lipinski definition) is 4. The van der Waals surface area contributed by atoms with E-state index in [4.69, 9.17) is 4.74 Å². The van der Waals surface area contributed by atoms with Crippen LogP contribution in [0.15, 0.2) is 12.1 Å². The second kappa shape index (κ2) is 5.92. The van der Waals surface area contributed by atoms with Gasteiger partial charge in [-0.3, -0.25) is 4.79 Å². The predicted molar refractivity (Wildman–Crippen MR) is 75.3 cm³/mol. The van der Waals surface area contributed by atoms with Crippen molar-refractivity contribution in [2.45, 2.75) is 26.4 Å². The molecule has 1 aromatic carbocycles. The van der Waals surface area contributed by atoms with Gasteiger partial charge in [0, 0.05) is 20.1 Å². The highest BCUT2D eigenvalue weighted by molar-refractivity contribution is 6.04. The lowest BCUT2D eigenvalue weighted by atomic mass is 10.1. The number of hydrogen-bond donors (Lipinski definition) is 3. The van der Waals surface area contributed by atoms with E-state index in [1.165, 1.54) is 13.0 Å². The van der Waals surface area contributed by atoms with Gasteiger partial charge >= 0.3 is 5.97 Å². The van der Waals surface area contributed by atoms with Crippen molar-refractivity contribution in [2.24, 2.45) is 0 Å². The highest BCUT2D eigenvalue weighted by Crippen LogP contribution is 2.30. The van der Waals surface area contributed by atoms with E-state index < -0.39 is 5.97 Å². The van der Waals surface area contributed by atoms with Crippen molar-refractivity contribution in [1.29, 1.82) is 0 Å². The van der Waals surface area contributed by atoms with Crippen LogP contribution in [0.25, 0.3) is 0 Å². The first-order chi connectivity index (χ1) is 9.49. The molecule has 3 N–H and O–H groups in total. The molecule has 1 amide bonds. The maximum absolute atomic E-state index is 11.3. The third kappa shape index (κ3) is 3.08. The van der Waals surface area contributed by atoms with Gasteiger partial charge in [0.2, 0.25) is 5.91 Å². The Morgan fingerprint density at radius 2 is 2.10 bits per heavy atom. The number of nitrogens with one attached hydrogen (secondary N) is 2. The summed E-state index contributed by atoms with van der Waals surface area (Å²) in [7, 11) is 0. The van der Waals surface area contributed by atoms with Gasteiger partial charge in [-0.15, -0.1) is 0 Å². The van der Waals surface area contributed by atoms with Crippen molar-refractivity contribution in [1.82, 2.24) is 0 Å². The smallest absolute Gasteiger partial charge is 0.337 e. The Kier molecular flexibility index (Phi) is 4.24. The summed E-state index contributed by atoms with van der Waals surface area (Å²) in [6, 6.07) is 3.21. The fourth-order valence-corrected chi connectivity index (χ4v) is 2.08. The molecule has 1 aromatic rings. The van der Waals surface area contributed by atoms with Gasteiger partial charge in [-0.05, 0) is 25.0 Å². The first kappa shape index (κ1) is 14.3. The molecule has 1 aliphatic heterocycles. The molecule has 0 aromatic heterocycles. The Bertz CT molecular complexity index is 538. The molecule has 1 fully saturated rings. The van der Waals surface area contributed by atoms with E-state index in [0.29, 0.717) is 17.9 Å². The highest BCUT2D eigenvalue weighted by atomic mass is 16.5. The molecule has 1 aliphatic rings. The number of carbonyl (C=O) groups excluding carboxylic acids is 1. The van der Waals surface area contributed by atoms with Gasteiger partial charge in [-0.25, -0.2) is 4.79 Å². The Morgan fingerprint density at radius 3 is 2.60 bits per heavy atom. The van der Waals surface area contributed by atoms with Crippen molar-refractivity contribution in [3.63, 3.8) is 0 Å². The summed E-state index contributed by atoms with van der Waals surface area (Å²) in [5.41, 5.74) is 1.89. The number of anilines is 2. The van der Waals surface area contributed by atoms with Gasteiger partial charge in [0.1, 0.15) is 0 Å². The second-order valence-corrected chi connectivity index (χ2v) is 4.83. The summed E-state index contributed by atoms with van der Waals surface area (Å²) in [6.45, 7) is 4.57. The fourth-order valence-electron chi connectivity index (χ4n) is 2.08. The maximum Gasteiger partial charge on any atom is 0.337 e. The van der Waals surface area contributed by atoms with Crippen molar-refractivity contribution >= 4 is 23.3 Å². The molecular formula is C14H18N2O4. The molecular weight excluding hydrogens is 260 g/mol. The van der Waals surface area contributed by atoms with Gasteiger partial charge < -0.3 is 20.5 Å². The van der Waals surface area contributed by atoms with Crippen LogP contribution in [0, 0.1) is 6.92 Å². The quantitative estimate of drug-likeness (QED) is 0.765. The number of ether oxygens (including phenoxy) is 1. The average Bonchev–Trinajstić information content (AvgIpc) is 2.29. The molecule has 1 atom stereocenters. The third-order valence-electron chi connectivity index (χ3n) is 3.25. The number of carbonyl (C=O) groups is 2. The van der Waals surface area contributed by atoms with E-state index in [0.717, 1.165) is 18.6 Å². The Morgan fingerprint density at radius 1 is 1.40 bits per heavy atom. The standard InChI is InChI=1S/C14H18N2O4/c1-8-3-4-11(14(18)19)13(16-9(2)17)12(8)15-7-10-5-6-20-10/h3-4,10,15H,5-7H2,1-2H3,(H,16,17)(H,18,19). The number of rotatable bonds is 5. The predicted octanol–water partition coefficient (Wildman–Crippen LogP) is 1.85. The lowest BCUT2D eigenvalue weighted by molar-refractivity contribution is -0.114. The number of carboxylic acids is 1. The topological polar surface area (TPSA) is 87.7 Å². The highest BCUT2D eigenvalue weighted by Gasteiger charge is 2.21. The molecule has 0 bridgehead atoms. The van der Waals surface area contributed by atoms with Gasteiger partial charge in [0.15, 0.2) is 0 Å². The lowest BCUT2D eigenvalue weighted by Crippen LogP contribution is -2.34. The number of amides is 1. The van der Waals surface area contributed by atoms with Crippen molar-refractivity contribution < 1.29 is 19.4 Å². The largest absolute Gasteiger partial charge is 0.478 e. The molecule has 2 rings (SSSR count). The number of carboxylic acid groups (broad SMARTS) is 1. The van der Waals surface area contributed by atoms with Crippen LogP contribution in [0.1, 0.15) is 29.3 Å². The number of aryl methyl sites for hydroxylation is 1. The first-order valence-corrected chi connectivity index (χ1v) is 6.49. The van der Waals surface area contributed by atoms with Crippen molar-refractivity contribution in [3.8, 4) is 0 Å². The summed E-state index contributed by atoms with van der Waals surface area (Å²) < 4.78 is 5.32. The summed E-state index contributed by atoms with van der Waals surface area (Å²) >= 11 is 0. The Balaban J connectivity index is 2.31. The molecule has 6 heteroatoms. The Labute approximate surface area is 117 Å². The lowest BCUT2D eigenvalue weighted by Gasteiger charge is -2.28. The van der Waals surface area contributed by atoms with Crippen LogP contribution in [-0.2, 0) is 9.53 Å². The monoisotopic (exact) mass is 278 g/mol. The van der Waals surface area contributed by atoms with Crippen LogP contribution in [0.3, 0.4) is 0 Å². The molecule has 0 spiro atoms. The third-order valence-corrected chi connectivity index (χ3v) is 3.25. The molecule has 0 aliphatic carbocycles. The zero-order valence-electron chi connectivity index (χ0n) is 11.5. The van der Waals surface area contributed by atoms with E-state index in [-0.39, 0.29) is 17.6 Å². The van der Waals surface area contributed by atoms with E-state index in [2.05, 4.69) is 10.6 Å². The van der Waals surface area contributed by atoms with Crippen LogP contribution < -0.4 is 10.6 Å². The van der Waals surface area contributed by atoms with E-state index >= 15 is 0 Å². The first-order valence-electron chi connectivity index (χ1n) is 6.49. The fraction of sp³-hybridized carbons (Fsp3) is 0.429. The second-order valence-electron chi connectivity index (χ2n) is 4.83. The molecule has 0 radical (unpaired) electrons.